The number of nitriles is 1. The Morgan fingerprint density at radius 1 is 1.50 bits per heavy atom. The molecule has 5 heteroatoms. The van der Waals surface area contributed by atoms with Crippen LogP contribution in [-0.2, 0) is 4.79 Å². The maximum Gasteiger partial charge on any atom is 0.221 e. The summed E-state index contributed by atoms with van der Waals surface area (Å²) in [5.74, 6) is 0.684. The number of carbonyl (C=O) groups is 1. The Bertz CT molecular complexity index is 494. The summed E-state index contributed by atoms with van der Waals surface area (Å²) in [4.78, 5) is 11.6. The molecule has 0 aliphatic carbocycles. The number of amides is 1. The van der Waals surface area contributed by atoms with Crippen LogP contribution in [0.2, 0.25) is 0 Å². The number of rotatable bonds is 7. The number of benzene rings is 1. The minimum atomic E-state index is 0.00764. The molecule has 0 aliphatic heterocycles. The minimum absolute atomic E-state index is 0.00764. The van der Waals surface area contributed by atoms with Gasteiger partial charge in [-0.1, -0.05) is 6.92 Å². The summed E-state index contributed by atoms with van der Waals surface area (Å²) in [5, 5.41) is 15.0. The fraction of sp³-hybridized carbons (Fsp3) is 0.467. The largest absolute Gasteiger partial charge is 0.497 e. The lowest BCUT2D eigenvalue weighted by molar-refractivity contribution is -0.121. The van der Waals surface area contributed by atoms with Crippen LogP contribution in [0, 0.1) is 11.3 Å². The molecule has 1 rings (SSSR count). The van der Waals surface area contributed by atoms with E-state index in [-0.39, 0.29) is 11.9 Å². The zero-order valence-electron chi connectivity index (χ0n) is 12.2. The number of nitrogens with zero attached hydrogens (tertiary/aromatic N) is 1. The highest BCUT2D eigenvalue weighted by atomic mass is 16.5. The Morgan fingerprint density at radius 3 is 2.85 bits per heavy atom. The van der Waals surface area contributed by atoms with E-state index < -0.39 is 0 Å². The first-order valence-corrected chi connectivity index (χ1v) is 6.72. The van der Waals surface area contributed by atoms with Gasteiger partial charge in [0.1, 0.15) is 11.8 Å². The third kappa shape index (κ3) is 4.81. The Labute approximate surface area is 119 Å². The van der Waals surface area contributed by atoms with Gasteiger partial charge >= 0.3 is 0 Å². The second kappa shape index (κ2) is 8.05. The molecule has 1 amide bonds. The van der Waals surface area contributed by atoms with E-state index in [9.17, 15) is 4.79 Å². The summed E-state index contributed by atoms with van der Waals surface area (Å²) in [6, 6.07) is 7.48. The van der Waals surface area contributed by atoms with Crippen LogP contribution < -0.4 is 15.4 Å². The van der Waals surface area contributed by atoms with Crippen molar-refractivity contribution in [2.75, 3.05) is 19.0 Å². The first-order valence-electron chi connectivity index (χ1n) is 6.72. The van der Waals surface area contributed by atoms with E-state index in [1.165, 1.54) is 0 Å². The van der Waals surface area contributed by atoms with Crippen molar-refractivity contribution in [2.24, 2.45) is 0 Å². The summed E-state index contributed by atoms with van der Waals surface area (Å²) in [6.45, 7) is 4.48. The normalized spacial score (nSPS) is 11.3. The molecule has 0 aliphatic rings. The third-order valence-corrected chi connectivity index (χ3v) is 3.03. The number of methoxy groups -OCH3 is 1. The molecule has 2 N–H and O–H groups in total. The maximum atomic E-state index is 11.6. The molecule has 108 valence electrons. The van der Waals surface area contributed by atoms with Gasteiger partial charge in [0, 0.05) is 25.1 Å². The van der Waals surface area contributed by atoms with E-state index in [1.807, 2.05) is 13.8 Å². The van der Waals surface area contributed by atoms with Gasteiger partial charge < -0.3 is 15.4 Å². The standard InChI is InChI=1S/C15H21N3O2/c1-4-11(2)18-15(19)7-8-17-14-9-13(20-3)6-5-12(14)10-16/h5-6,9,11,17H,4,7-8H2,1-3H3,(H,18,19). The highest BCUT2D eigenvalue weighted by molar-refractivity contribution is 5.76. The van der Waals surface area contributed by atoms with Gasteiger partial charge in [-0.3, -0.25) is 4.79 Å². The Hall–Kier alpha value is -2.22. The van der Waals surface area contributed by atoms with Gasteiger partial charge in [-0.2, -0.15) is 5.26 Å². The van der Waals surface area contributed by atoms with E-state index in [0.717, 1.165) is 6.42 Å². The third-order valence-electron chi connectivity index (χ3n) is 3.03. The van der Waals surface area contributed by atoms with Gasteiger partial charge in [0.25, 0.3) is 0 Å². The second-order valence-corrected chi connectivity index (χ2v) is 4.58. The van der Waals surface area contributed by atoms with Crippen LogP contribution in [0.3, 0.4) is 0 Å². The predicted molar refractivity (Wildman–Crippen MR) is 78.7 cm³/mol. The predicted octanol–water partition coefficient (Wildman–Crippen LogP) is 2.28. The lowest BCUT2D eigenvalue weighted by atomic mass is 10.2. The van der Waals surface area contributed by atoms with Crippen LogP contribution in [0.1, 0.15) is 32.3 Å². The lowest BCUT2D eigenvalue weighted by Gasteiger charge is -2.13. The maximum absolute atomic E-state index is 11.6. The first-order chi connectivity index (χ1) is 9.60. The van der Waals surface area contributed by atoms with E-state index in [1.54, 1.807) is 25.3 Å². The summed E-state index contributed by atoms with van der Waals surface area (Å²) in [6.07, 6.45) is 1.28. The number of anilines is 1. The smallest absolute Gasteiger partial charge is 0.221 e. The molecule has 5 nitrogen and oxygen atoms in total. The number of hydrogen-bond acceptors (Lipinski definition) is 4. The fourth-order valence-electron chi connectivity index (χ4n) is 1.65. The molecule has 1 aromatic rings. The van der Waals surface area contributed by atoms with Crippen LogP contribution in [0.5, 0.6) is 5.75 Å². The Morgan fingerprint density at radius 2 is 2.25 bits per heavy atom. The molecule has 1 atom stereocenters. The minimum Gasteiger partial charge on any atom is -0.497 e. The van der Waals surface area contributed by atoms with E-state index >= 15 is 0 Å². The average molecular weight is 275 g/mol. The van der Waals surface area contributed by atoms with Crippen molar-refractivity contribution >= 4 is 11.6 Å². The second-order valence-electron chi connectivity index (χ2n) is 4.58. The molecule has 0 bridgehead atoms. The van der Waals surface area contributed by atoms with Crippen molar-refractivity contribution in [3.05, 3.63) is 23.8 Å². The van der Waals surface area contributed by atoms with Gasteiger partial charge in [0.05, 0.1) is 18.4 Å². The quantitative estimate of drug-likeness (QED) is 0.800. The van der Waals surface area contributed by atoms with Gasteiger partial charge in [-0.25, -0.2) is 0 Å². The van der Waals surface area contributed by atoms with Crippen molar-refractivity contribution in [3.63, 3.8) is 0 Å². The van der Waals surface area contributed by atoms with Gasteiger partial charge in [-0.05, 0) is 25.5 Å². The molecule has 0 saturated carbocycles. The van der Waals surface area contributed by atoms with Crippen LogP contribution in [0.15, 0.2) is 18.2 Å². The molecule has 0 spiro atoms. The number of nitrogens with one attached hydrogen (secondary N) is 2. The fourth-order valence-corrected chi connectivity index (χ4v) is 1.65. The van der Waals surface area contributed by atoms with Crippen molar-refractivity contribution in [1.82, 2.24) is 5.32 Å². The lowest BCUT2D eigenvalue weighted by Crippen LogP contribution is -2.32. The molecule has 1 unspecified atom stereocenters. The van der Waals surface area contributed by atoms with Gasteiger partial charge in [0.2, 0.25) is 5.91 Å². The number of hydrogen-bond donors (Lipinski definition) is 2. The molecule has 0 fully saturated rings. The SMILES string of the molecule is CCC(C)NC(=O)CCNc1cc(OC)ccc1C#N. The zero-order chi connectivity index (χ0) is 15.0. The topological polar surface area (TPSA) is 74.2 Å². The van der Waals surface area contributed by atoms with E-state index in [2.05, 4.69) is 16.7 Å². The van der Waals surface area contributed by atoms with E-state index in [4.69, 9.17) is 10.00 Å². The average Bonchev–Trinajstić information content (AvgIpc) is 2.46. The summed E-state index contributed by atoms with van der Waals surface area (Å²) in [5.41, 5.74) is 1.22. The Balaban J connectivity index is 2.53. The molecule has 1 aromatic carbocycles. The molecule has 0 radical (unpaired) electrons. The molecular weight excluding hydrogens is 254 g/mol. The number of carbonyl (C=O) groups excluding carboxylic acids is 1. The summed E-state index contributed by atoms with van der Waals surface area (Å²) >= 11 is 0. The molecule has 0 saturated heterocycles. The highest BCUT2D eigenvalue weighted by Crippen LogP contribution is 2.21. The van der Waals surface area contributed by atoms with E-state index in [0.29, 0.717) is 30.0 Å². The van der Waals surface area contributed by atoms with Crippen LogP contribution >= 0.6 is 0 Å². The van der Waals surface area contributed by atoms with Gasteiger partial charge in [0.15, 0.2) is 0 Å². The first kappa shape index (κ1) is 15.8. The summed E-state index contributed by atoms with van der Waals surface area (Å²) in [7, 11) is 1.57. The van der Waals surface area contributed by atoms with Crippen molar-refractivity contribution in [3.8, 4) is 11.8 Å². The summed E-state index contributed by atoms with van der Waals surface area (Å²) < 4.78 is 5.12. The zero-order valence-corrected chi connectivity index (χ0v) is 12.2. The molecule has 0 aromatic heterocycles. The van der Waals surface area contributed by atoms with Crippen molar-refractivity contribution in [2.45, 2.75) is 32.7 Å². The molecular formula is C15H21N3O2. The monoisotopic (exact) mass is 275 g/mol. The van der Waals surface area contributed by atoms with Gasteiger partial charge in [-0.15, -0.1) is 0 Å². The highest BCUT2D eigenvalue weighted by Gasteiger charge is 2.07. The molecule has 20 heavy (non-hydrogen) atoms. The molecule has 0 heterocycles. The number of ether oxygens (including phenoxy) is 1. The van der Waals surface area contributed by atoms with Crippen LogP contribution in [0.4, 0.5) is 5.69 Å². The van der Waals surface area contributed by atoms with Crippen molar-refractivity contribution in [1.29, 1.82) is 5.26 Å². The van der Waals surface area contributed by atoms with Crippen molar-refractivity contribution < 1.29 is 9.53 Å². The van der Waals surface area contributed by atoms with Crippen LogP contribution in [-0.4, -0.2) is 25.6 Å². The Kier molecular flexibility index (Phi) is 6.38. The van der Waals surface area contributed by atoms with Crippen LogP contribution in [0.25, 0.3) is 0 Å².